The Morgan fingerprint density at radius 3 is 2.47 bits per heavy atom. The van der Waals surface area contributed by atoms with Crippen LogP contribution in [0.5, 0.6) is 0 Å². The van der Waals surface area contributed by atoms with Crippen LogP contribution in [0.1, 0.15) is 11.6 Å². The largest absolute Gasteiger partial charge is 0.407 e. The summed E-state index contributed by atoms with van der Waals surface area (Å²) in [7, 11) is 0. The van der Waals surface area contributed by atoms with Crippen molar-refractivity contribution in [3.05, 3.63) is 47.0 Å². The summed E-state index contributed by atoms with van der Waals surface area (Å²) in [4.78, 5) is 0. The molecule has 0 aromatic heterocycles. The van der Waals surface area contributed by atoms with Gasteiger partial charge in [0.05, 0.1) is 0 Å². The molecule has 2 N–H and O–H groups in total. The highest BCUT2D eigenvalue weighted by atomic mass is 35.5. The highest BCUT2D eigenvalue weighted by Gasteiger charge is 2.37. The Hall–Kier alpha value is -1.26. The van der Waals surface area contributed by atoms with E-state index in [1.54, 1.807) is 24.3 Å². The van der Waals surface area contributed by atoms with Crippen molar-refractivity contribution in [3.8, 4) is 0 Å². The first-order valence-electron chi connectivity index (χ1n) is 4.90. The molecule has 0 saturated carbocycles. The molecule has 0 amide bonds. The molecular formula is C12H9ClF3N. The van der Waals surface area contributed by atoms with Crippen molar-refractivity contribution in [1.82, 2.24) is 0 Å². The minimum Gasteiger partial charge on any atom is -0.316 e. The first-order valence-corrected chi connectivity index (χ1v) is 5.28. The Morgan fingerprint density at radius 2 is 1.82 bits per heavy atom. The van der Waals surface area contributed by atoms with Crippen molar-refractivity contribution in [2.24, 2.45) is 5.73 Å². The van der Waals surface area contributed by atoms with Crippen molar-refractivity contribution in [2.45, 2.75) is 12.2 Å². The van der Waals surface area contributed by atoms with Gasteiger partial charge in [0.15, 0.2) is 0 Å². The molecule has 2 aromatic carbocycles. The standard InChI is InChI=1S/C12H9ClF3N/c13-10-3-1-2-7-4-5-8(6-9(7)10)11(17)12(14,15)16/h1-6,11H,17H2/t11-/m0/s1. The third-order valence-electron chi connectivity index (χ3n) is 2.56. The van der Waals surface area contributed by atoms with E-state index in [4.69, 9.17) is 17.3 Å². The third kappa shape index (κ3) is 2.37. The topological polar surface area (TPSA) is 26.0 Å². The Balaban J connectivity index is 2.55. The van der Waals surface area contributed by atoms with E-state index in [9.17, 15) is 13.2 Å². The molecule has 2 rings (SSSR count). The molecule has 0 bridgehead atoms. The van der Waals surface area contributed by atoms with Gasteiger partial charge in [-0.05, 0) is 23.1 Å². The van der Waals surface area contributed by atoms with E-state index in [2.05, 4.69) is 0 Å². The molecule has 5 heteroatoms. The number of benzene rings is 2. The summed E-state index contributed by atoms with van der Waals surface area (Å²) in [5, 5.41) is 1.78. The van der Waals surface area contributed by atoms with Crippen LogP contribution in [0.15, 0.2) is 36.4 Å². The molecule has 0 heterocycles. The van der Waals surface area contributed by atoms with E-state index in [1.165, 1.54) is 12.1 Å². The fraction of sp³-hybridized carbons (Fsp3) is 0.167. The van der Waals surface area contributed by atoms with Gasteiger partial charge in [-0.25, -0.2) is 0 Å². The highest BCUT2D eigenvalue weighted by Crippen LogP contribution is 2.33. The second-order valence-electron chi connectivity index (χ2n) is 3.74. The van der Waals surface area contributed by atoms with E-state index in [-0.39, 0.29) is 5.56 Å². The van der Waals surface area contributed by atoms with Crippen LogP contribution in [-0.4, -0.2) is 6.18 Å². The zero-order valence-electron chi connectivity index (χ0n) is 8.63. The average molecular weight is 260 g/mol. The van der Waals surface area contributed by atoms with Gasteiger partial charge in [0.25, 0.3) is 0 Å². The molecule has 0 aliphatic heterocycles. The number of rotatable bonds is 1. The van der Waals surface area contributed by atoms with Crippen molar-refractivity contribution in [1.29, 1.82) is 0 Å². The van der Waals surface area contributed by atoms with Crippen molar-refractivity contribution >= 4 is 22.4 Å². The predicted octanol–water partition coefficient (Wildman–Crippen LogP) is 4.06. The summed E-state index contributed by atoms with van der Waals surface area (Å²) >= 11 is 5.93. The lowest BCUT2D eigenvalue weighted by Crippen LogP contribution is -2.28. The van der Waals surface area contributed by atoms with Gasteiger partial charge in [-0.2, -0.15) is 13.2 Å². The van der Waals surface area contributed by atoms with Crippen LogP contribution in [-0.2, 0) is 0 Å². The monoisotopic (exact) mass is 259 g/mol. The number of hydrogen-bond acceptors (Lipinski definition) is 1. The van der Waals surface area contributed by atoms with Crippen molar-refractivity contribution < 1.29 is 13.2 Å². The Labute approximate surface area is 101 Å². The smallest absolute Gasteiger partial charge is 0.316 e. The second-order valence-corrected chi connectivity index (χ2v) is 4.15. The average Bonchev–Trinajstić information content (AvgIpc) is 2.27. The van der Waals surface area contributed by atoms with Gasteiger partial charge in [-0.1, -0.05) is 35.9 Å². The summed E-state index contributed by atoms with van der Waals surface area (Å²) < 4.78 is 37.4. The molecule has 1 nitrogen and oxygen atoms in total. The Kier molecular flexibility index (Phi) is 3.02. The normalized spacial score (nSPS) is 13.9. The molecular weight excluding hydrogens is 251 g/mol. The minimum absolute atomic E-state index is 0.0121. The van der Waals surface area contributed by atoms with Gasteiger partial charge < -0.3 is 5.73 Å². The molecule has 2 aromatic rings. The van der Waals surface area contributed by atoms with Crippen LogP contribution in [0.2, 0.25) is 5.02 Å². The quantitative estimate of drug-likeness (QED) is 0.821. The molecule has 17 heavy (non-hydrogen) atoms. The molecule has 0 aliphatic carbocycles. The first-order chi connectivity index (χ1) is 7.89. The molecule has 0 unspecified atom stereocenters. The first kappa shape index (κ1) is 12.2. The maximum absolute atomic E-state index is 12.5. The number of halogens is 4. The lowest BCUT2D eigenvalue weighted by Gasteiger charge is -2.16. The zero-order chi connectivity index (χ0) is 12.6. The number of nitrogens with two attached hydrogens (primary N) is 1. The van der Waals surface area contributed by atoms with Crippen LogP contribution in [0.25, 0.3) is 10.8 Å². The van der Waals surface area contributed by atoms with E-state index in [1.807, 2.05) is 0 Å². The van der Waals surface area contributed by atoms with Crippen molar-refractivity contribution in [3.63, 3.8) is 0 Å². The summed E-state index contributed by atoms with van der Waals surface area (Å²) in [5.41, 5.74) is 5.16. The molecule has 0 fully saturated rings. The van der Waals surface area contributed by atoms with Gasteiger partial charge >= 0.3 is 6.18 Å². The molecule has 0 saturated heterocycles. The van der Waals surface area contributed by atoms with Crippen LogP contribution >= 0.6 is 11.6 Å². The van der Waals surface area contributed by atoms with E-state index < -0.39 is 12.2 Å². The van der Waals surface area contributed by atoms with E-state index in [0.29, 0.717) is 10.4 Å². The molecule has 90 valence electrons. The maximum atomic E-state index is 12.5. The van der Waals surface area contributed by atoms with Crippen molar-refractivity contribution in [2.75, 3.05) is 0 Å². The van der Waals surface area contributed by atoms with Gasteiger partial charge in [-0.3, -0.25) is 0 Å². The maximum Gasteiger partial charge on any atom is 0.407 e. The summed E-state index contributed by atoms with van der Waals surface area (Å²) in [5.74, 6) is 0. The fourth-order valence-corrected chi connectivity index (χ4v) is 1.87. The molecule has 1 atom stereocenters. The second kappa shape index (κ2) is 4.20. The Morgan fingerprint density at radius 1 is 1.12 bits per heavy atom. The summed E-state index contributed by atoms with van der Waals surface area (Å²) in [6, 6.07) is 7.52. The van der Waals surface area contributed by atoms with Gasteiger partial charge in [0, 0.05) is 10.4 Å². The molecule has 0 spiro atoms. The predicted molar refractivity (Wildman–Crippen MR) is 61.9 cm³/mol. The summed E-state index contributed by atoms with van der Waals surface area (Å²) in [6.07, 6.45) is -4.45. The summed E-state index contributed by atoms with van der Waals surface area (Å²) in [6.45, 7) is 0. The van der Waals surface area contributed by atoms with E-state index in [0.717, 1.165) is 5.39 Å². The van der Waals surface area contributed by atoms with Crippen LogP contribution in [0.3, 0.4) is 0 Å². The zero-order valence-corrected chi connectivity index (χ0v) is 9.39. The molecule has 0 aliphatic rings. The molecule has 0 radical (unpaired) electrons. The van der Waals surface area contributed by atoms with Crippen LogP contribution in [0, 0.1) is 0 Å². The number of alkyl halides is 3. The van der Waals surface area contributed by atoms with Crippen LogP contribution in [0.4, 0.5) is 13.2 Å². The number of hydrogen-bond donors (Lipinski definition) is 1. The Bertz CT molecular complexity index is 551. The van der Waals surface area contributed by atoms with Gasteiger partial charge in [0.2, 0.25) is 0 Å². The van der Waals surface area contributed by atoms with Gasteiger partial charge in [0.1, 0.15) is 6.04 Å². The number of fused-ring (bicyclic) bond motifs is 1. The SMILES string of the molecule is N[C@@H](c1ccc2cccc(Cl)c2c1)C(F)(F)F. The van der Waals surface area contributed by atoms with Gasteiger partial charge in [-0.15, -0.1) is 0 Å². The van der Waals surface area contributed by atoms with Crippen LogP contribution < -0.4 is 5.73 Å². The van der Waals surface area contributed by atoms with E-state index >= 15 is 0 Å². The fourth-order valence-electron chi connectivity index (χ4n) is 1.63. The third-order valence-corrected chi connectivity index (χ3v) is 2.89. The highest BCUT2D eigenvalue weighted by molar-refractivity contribution is 6.35. The minimum atomic E-state index is -4.45. The lowest BCUT2D eigenvalue weighted by atomic mass is 10.0. The lowest BCUT2D eigenvalue weighted by molar-refractivity contribution is -0.149.